The van der Waals surface area contributed by atoms with Crippen molar-refractivity contribution in [3.8, 4) is 0 Å². The van der Waals surface area contributed by atoms with Gasteiger partial charge in [0.15, 0.2) is 0 Å². The number of carbonyl (C=O) groups excluding carboxylic acids is 1. The molecular weight excluding hydrogens is 310 g/mol. The Morgan fingerprint density at radius 1 is 0.957 bits per heavy atom. The molecular formula is C19H16ClNO2. The number of nitrogens with zero attached hydrogens (tertiary/aromatic N) is 1. The van der Waals surface area contributed by atoms with Crippen molar-refractivity contribution >= 4 is 17.5 Å². The van der Waals surface area contributed by atoms with Crippen LogP contribution in [0.1, 0.15) is 21.7 Å². The van der Waals surface area contributed by atoms with Crippen molar-refractivity contribution in [2.45, 2.75) is 13.1 Å². The Morgan fingerprint density at radius 2 is 1.78 bits per heavy atom. The lowest BCUT2D eigenvalue weighted by atomic mass is 10.1. The van der Waals surface area contributed by atoms with Gasteiger partial charge < -0.3 is 9.32 Å². The number of amides is 1. The standard InChI is InChI=1S/C19H16ClNO2/c20-17-9-4-8-16(12-17)19(22)21(14-18-10-5-11-23-18)13-15-6-2-1-3-7-15/h1-12H,13-14H2. The zero-order valence-electron chi connectivity index (χ0n) is 12.5. The quantitative estimate of drug-likeness (QED) is 0.676. The summed E-state index contributed by atoms with van der Waals surface area (Å²) >= 11 is 6.01. The maximum atomic E-state index is 12.9. The van der Waals surface area contributed by atoms with E-state index in [1.807, 2.05) is 42.5 Å². The maximum absolute atomic E-state index is 12.9. The van der Waals surface area contributed by atoms with Crippen LogP contribution < -0.4 is 0 Å². The average Bonchev–Trinajstić information content (AvgIpc) is 3.08. The van der Waals surface area contributed by atoms with Crippen molar-refractivity contribution in [1.82, 2.24) is 4.90 Å². The Bertz CT molecular complexity index is 769. The van der Waals surface area contributed by atoms with Gasteiger partial charge in [0.05, 0.1) is 12.8 Å². The highest BCUT2D eigenvalue weighted by Gasteiger charge is 2.18. The van der Waals surface area contributed by atoms with E-state index in [4.69, 9.17) is 16.0 Å². The van der Waals surface area contributed by atoms with Gasteiger partial charge in [0, 0.05) is 17.1 Å². The first-order chi connectivity index (χ1) is 11.2. The van der Waals surface area contributed by atoms with Crippen LogP contribution in [0.4, 0.5) is 0 Å². The minimum Gasteiger partial charge on any atom is -0.467 e. The number of hydrogen-bond donors (Lipinski definition) is 0. The molecule has 3 nitrogen and oxygen atoms in total. The van der Waals surface area contributed by atoms with E-state index >= 15 is 0 Å². The van der Waals surface area contributed by atoms with Crippen LogP contribution in [0, 0.1) is 0 Å². The van der Waals surface area contributed by atoms with E-state index in [-0.39, 0.29) is 5.91 Å². The van der Waals surface area contributed by atoms with Gasteiger partial charge in [-0.1, -0.05) is 48.0 Å². The number of hydrogen-bond acceptors (Lipinski definition) is 2. The fourth-order valence-electron chi connectivity index (χ4n) is 2.40. The highest BCUT2D eigenvalue weighted by Crippen LogP contribution is 2.17. The Labute approximate surface area is 140 Å². The van der Waals surface area contributed by atoms with E-state index < -0.39 is 0 Å². The second kappa shape index (κ2) is 7.16. The molecule has 0 saturated heterocycles. The third-order valence-electron chi connectivity index (χ3n) is 3.50. The van der Waals surface area contributed by atoms with Crippen molar-refractivity contribution in [3.05, 3.63) is 94.9 Å². The zero-order valence-corrected chi connectivity index (χ0v) is 13.2. The first kappa shape index (κ1) is 15.4. The molecule has 0 spiro atoms. The maximum Gasteiger partial charge on any atom is 0.254 e. The third kappa shape index (κ3) is 4.02. The number of furan rings is 1. The number of halogens is 1. The number of carbonyl (C=O) groups is 1. The number of rotatable bonds is 5. The van der Waals surface area contributed by atoms with E-state index in [1.54, 1.807) is 35.4 Å². The van der Waals surface area contributed by atoms with E-state index in [0.29, 0.717) is 23.7 Å². The van der Waals surface area contributed by atoms with Crippen molar-refractivity contribution in [1.29, 1.82) is 0 Å². The molecule has 0 aliphatic heterocycles. The molecule has 0 aliphatic carbocycles. The Balaban J connectivity index is 1.86. The molecule has 4 heteroatoms. The van der Waals surface area contributed by atoms with Gasteiger partial charge in [0.1, 0.15) is 5.76 Å². The van der Waals surface area contributed by atoms with E-state index in [9.17, 15) is 4.79 Å². The van der Waals surface area contributed by atoms with E-state index in [0.717, 1.165) is 11.3 Å². The predicted octanol–water partition coefficient (Wildman–Crippen LogP) is 4.78. The highest BCUT2D eigenvalue weighted by molar-refractivity contribution is 6.30. The monoisotopic (exact) mass is 325 g/mol. The van der Waals surface area contributed by atoms with Crippen LogP contribution >= 0.6 is 11.6 Å². The molecule has 1 amide bonds. The van der Waals surface area contributed by atoms with Gasteiger partial charge in [0.25, 0.3) is 5.91 Å². The van der Waals surface area contributed by atoms with Crippen molar-refractivity contribution in [3.63, 3.8) is 0 Å². The van der Waals surface area contributed by atoms with Gasteiger partial charge in [-0.2, -0.15) is 0 Å². The molecule has 23 heavy (non-hydrogen) atoms. The molecule has 0 fully saturated rings. The molecule has 0 aliphatic rings. The summed E-state index contributed by atoms with van der Waals surface area (Å²) in [5, 5.41) is 0.550. The van der Waals surface area contributed by atoms with E-state index in [1.165, 1.54) is 0 Å². The summed E-state index contributed by atoms with van der Waals surface area (Å²) in [6.45, 7) is 0.917. The summed E-state index contributed by atoms with van der Waals surface area (Å²) in [6.07, 6.45) is 1.61. The second-order valence-corrected chi connectivity index (χ2v) is 5.67. The third-order valence-corrected chi connectivity index (χ3v) is 3.74. The van der Waals surface area contributed by atoms with Crippen LogP contribution in [0.3, 0.4) is 0 Å². The lowest BCUT2D eigenvalue weighted by Crippen LogP contribution is -2.30. The van der Waals surface area contributed by atoms with Gasteiger partial charge in [-0.3, -0.25) is 4.79 Å². The lowest BCUT2D eigenvalue weighted by Gasteiger charge is -2.22. The van der Waals surface area contributed by atoms with Gasteiger partial charge >= 0.3 is 0 Å². The predicted molar refractivity (Wildman–Crippen MR) is 90.2 cm³/mol. The normalized spacial score (nSPS) is 10.5. The second-order valence-electron chi connectivity index (χ2n) is 5.24. The Morgan fingerprint density at radius 3 is 2.48 bits per heavy atom. The molecule has 3 rings (SSSR count). The molecule has 0 N–H and O–H groups in total. The summed E-state index contributed by atoms with van der Waals surface area (Å²) in [4.78, 5) is 14.6. The molecule has 1 aromatic heterocycles. The summed E-state index contributed by atoms with van der Waals surface area (Å²) in [6, 6.07) is 20.6. The van der Waals surface area contributed by atoms with Gasteiger partial charge in [-0.25, -0.2) is 0 Å². The summed E-state index contributed by atoms with van der Waals surface area (Å²) in [5.74, 6) is 0.670. The summed E-state index contributed by atoms with van der Waals surface area (Å²) in [7, 11) is 0. The summed E-state index contributed by atoms with van der Waals surface area (Å²) < 4.78 is 5.39. The van der Waals surface area contributed by atoms with Crippen LogP contribution in [0.25, 0.3) is 0 Å². The van der Waals surface area contributed by atoms with E-state index in [2.05, 4.69) is 0 Å². The molecule has 116 valence electrons. The Kier molecular flexibility index (Phi) is 4.79. The molecule has 3 aromatic rings. The molecule has 0 atom stereocenters. The van der Waals surface area contributed by atoms with Crippen LogP contribution in [-0.4, -0.2) is 10.8 Å². The molecule has 1 heterocycles. The minimum absolute atomic E-state index is 0.0762. The van der Waals surface area contributed by atoms with Crippen molar-refractivity contribution in [2.75, 3.05) is 0 Å². The molecule has 0 bridgehead atoms. The van der Waals surface area contributed by atoms with Crippen LogP contribution in [-0.2, 0) is 13.1 Å². The topological polar surface area (TPSA) is 33.5 Å². The van der Waals surface area contributed by atoms with Gasteiger partial charge in [-0.15, -0.1) is 0 Å². The smallest absolute Gasteiger partial charge is 0.254 e. The summed E-state index contributed by atoms with van der Waals surface area (Å²) in [5.41, 5.74) is 1.63. The molecule has 0 unspecified atom stereocenters. The SMILES string of the molecule is O=C(c1cccc(Cl)c1)N(Cc1ccccc1)Cc1ccco1. The fourth-order valence-corrected chi connectivity index (χ4v) is 2.59. The van der Waals surface area contributed by atoms with Crippen LogP contribution in [0.15, 0.2) is 77.4 Å². The van der Waals surface area contributed by atoms with Gasteiger partial charge in [-0.05, 0) is 35.9 Å². The Hall–Kier alpha value is -2.52. The number of benzene rings is 2. The lowest BCUT2D eigenvalue weighted by molar-refractivity contribution is 0.0717. The van der Waals surface area contributed by atoms with Crippen LogP contribution in [0.5, 0.6) is 0 Å². The fraction of sp³-hybridized carbons (Fsp3) is 0.105. The molecule has 0 saturated carbocycles. The molecule has 0 radical (unpaired) electrons. The zero-order chi connectivity index (χ0) is 16.1. The van der Waals surface area contributed by atoms with Crippen molar-refractivity contribution in [2.24, 2.45) is 0 Å². The van der Waals surface area contributed by atoms with Crippen LogP contribution in [0.2, 0.25) is 5.02 Å². The van der Waals surface area contributed by atoms with Gasteiger partial charge in [0.2, 0.25) is 0 Å². The average molecular weight is 326 g/mol. The largest absolute Gasteiger partial charge is 0.467 e. The first-order valence-electron chi connectivity index (χ1n) is 7.33. The minimum atomic E-state index is -0.0762. The molecule has 2 aromatic carbocycles. The van der Waals surface area contributed by atoms with Crippen molar-refractivity contribution < 1.29 is 9.21 Å². The first-order valence-corrected chi connectivity index (χ1v) is 7.71. The highest BCUT2D eigenvalue weighted by atomic mass is 35.5.